The third kappa shape index (κ3) is 4.11. The van der Waals surface area contributed by atoms with Crippen LogP contribution in [0.5, 0.6) is 0 Å². The first kappa shape index (κ1) is 15.2. The van der Waals surface area contributed by atoms with Crippen molar-refractivity contribution >= 4 is 0 Å². The number of nitrogens with one attached hydrogen (secondary N) is 1. The van der Waals surface area contributed by atoms with E-state index in [4.69, 9.17) is 0 Å². The van der Waals surface area contributed by atoms with Crippen LogP contribution in [0.3, 0.4) is 0 Å². The fraction of sp³-hybridized carbons (Fsp3) is 0.625. The van der Waals surface area contributed by atoms with Crippen molar-refractivity contribution in [2.75, 3.05) is 6.54 Å². The summed E-state index contributed by atoms with van der Waals surface area (Å²) in [5, 5.41) is 13.8. The van der Waals surface area contributed by atoms with Crippen LogP contribution in [0.25, 0.3) is 0 Å². The molecule has 1 aromatic carbocycles. The standard InChI is InChI=1S/C16H27NO/c1-6-16(4,5)17-11-15(18)14-10-8-7-9-13(14)12(2)3/h7-10,12,15,17-18H,6,11H2,1-5H3. The maximum Gasteiger partial charge on any atom is 0.0917 e. The highest BCUT2D eigenvalue weighted by molar-refractivity contribution is 5.31. The SMILES string of the molecule is CCC(C)(C)NCC(O)c1ccccc1C(C)C. The molecule has 0 aromatic heterocycles. The average molecular weight is 249 g/mol. The summed E-state index contributed by atoms with van der Waals surface area (Å²) in [4.78, 5) is 0. The minimum atomic E-state index is -0.436. The summed E-state index contributed by atoms with van der Waals surface area (Å²) in [6.45, 7) is 11.4. The summed E-state index contributed by atoms with van der Waals surface area (Å²) in [5.74, 6) is 0.440. The molecule has 0 heterocycles. The maximum atomic E-state index is 10.3. The van der Waals surface area contributed by atoms with Gasteiger partial charge in [0.15, 0.2) is 0 Å². The van der Waals surface area contributed by atoms with Crippen LogP contribution in [0.1, 0.15) is 64.2 Å². The van der Waals surface area contributed by atoms with E-state index in [-0.39, 0.29) is 5.54 Å². The van der Waals surface area contributed by atoms with Gasteiger partial charge in [0, 0.05) is 12.1 Å². The molecular weight excluding hydrogens is 222 g/mol. The van der Waals surface area contributed by atoms with Gasteiger partial charge in [-0.15, -0.1) is 0 Å². The zero-order valence-electron chi connectivity index (χ0n) is 12.3. The van der Waals surface area contributed by atoms with Crippen molar-refractivity contribution in [1.29, 1.82) is 0 Å². The molecule has 18 heavy (non-hydrogen) atoms. The monoisotopic (exact) mass is 249 g/mol. The Bertz CT molecular complexity index is 371. The molecule has 1 rings (SSSR count). The molecule has 0 bridgehead atoms. The van der Waals surface area contributed by atoms with Crippen LogP contribution in [0.15, 0.2) is 24.3 Å². The van der Waals surface area contributed by atoms with E-state index in [9.17, 15) is 5.11 Å². The van der Waals surface area contributed by atoms with Crippen LogP contribution in [0.4, 0.5) is 0 Å². The number of aliphatic hydroxyl groups excluding tert-OH is 1. The number of benzene rings is 1. The van der Waals surface area contributed by atoms with Gasteiger partial charge in [-0.2, -0.15) is 0 Å². The van der Waals surface area contributed by atoms with E-state index in [0.29, 0.717) is 12.5 Å². The minimum absolute atomic E-state index is 0.0771. The zero-order chi connectivity index (χ0) is 13.8. The van der Waals surface area contributed by atoms with Crippen molar-refractivity contribution in [2.24, 2.45) is 0 Å². The van der Waals surface area contributed by atoms with E-state index in [0.717, 1.165) is 12.0 Å². The summed E-state index contributed by atoms with van der Waals surface area (Å²) >= 11 is 0. The number of rotatable bonds is 6. The third-order valence-electron chi connectivity index (χ3n) is 3.63. The van der Waals surface area contributed by atoms with Crippen LogP contribution in [-0.4, -0.2) is 17.2 Å². The third-order valence-corrected chi connectivity index (χ3v) is 3.63. The van der Waals surface area contributed by atoms with Gasteiger partial charge >= 0.3 is 0 Å². The number of β-amino-alcohol motifs (C(OH)–C–C–N with tert-alkyl or cyclic N) is 1. The minimum Gasteiger partial charge on any atom is -0.387 e. The van der Waals surface area contributed by atoms with E-state index in [1.54, 1.807) is 0 Å². The first-order valence-electron chi connectivity index (χ1n) is 6.89. The van der Waals surface area contributed by atoms with Crippen molar-refractivity contribution < 1.29 is 5.11 Å². The lowest BCUT2D eigenvalue weighted by Crippen LogP contribution is -2.41. The number of hydrogen-bond donors (Lipinski definition) is 2. The molecule has 1 unspecified atom stereocenters. The summed E-state index contributed by atoms with van der Waals surface area (Å²) in [5.41, 5.74) is 2.36. The van der Waals surface area contributed by atoms with Crippen LogP contribution in [0, 0.1) is 0 Å². The molecule has 0 aliphatic heterocycles. The van der Waals surface area contributed by atoms with Gasteiger partial charge in [-0.1, -0.05) is 45.0 Å². The molecule has 1 aromatic rings. The Kier molecular flexibility index (Phi) is 5.36. The zero-order valence-corrected chi connectivity index (χ0v) is 12.3. The smallest absolute Gasteiger partial charge is 0.0917 e. The van der Waals surface area contributed by atoms with Gasteiger partial charge in [0.25, 0.3) is 0 Å². The fourth-order valence-corrected chi connectivity index (χ4v) is 1.95. The molecule has 0 saturated carbocycles. The van der Waals surface area contributed by atoms with E-state index in [1.807, 2.05) is 18.2 Å². The molecule has 2 N–H and O–H groups in total. The second-order valence-corrected chi connectivity index (χ2v) is 5.92. The summed E-state index contributed by atoms with van der Waals surface area (Å²) in [6.07, 6.45) is 0.611. The molecule has 0 aliphatic rings. The fourth-order valence-electron chi connectivity index (χ4n) is 1.95. The van der Waals surface area contributed by atoms with Gasteiger partial charge in [0.2, 0.25) is 0 Å². The van der Waals surface area contributed by atoms with Crippen molar-refractivity contribution in [1.82, 2.24) is 5.32 Å². The highest BCUT2D eigenvalue weighted by Gasteiger charge is 2.18. The average Bonchev–Trinajstić information content (AvgIpc) is 2.36. The van der Waals surface area contributed by atoms with Gasteiger partial charge in [-0.3, -0.25) is 0 Å². The molecule has 0 fully saturated rings. The maximum absolute atomic E-state index is 10.3. The van der Waals surface area contributed by atoms with Gasteiger partial charge in [-0.05, 0) is 37.3 Å². The second-order valence-electron chi connectivity index (χ2n) is 5.92. The molecular formula is C16H27NO. The van der Waals surface area contributed by atoms with Crippen molar-refractivity contribution in [3.8, 4) is 0 Å². The predicted molar refractivity (Wildman–Crippen MR) is 77.9 cm³/mol. The van der Waals surface area contributed by atoms with Crippen LogP contribution in [-0.2, 0) is 0 Å². The Labute approximate surface area is 111 Å². The van der Waals surface area contributed by atoms with E-state index >= 15 is 0 Å². The lowest BCUT2D eigenvalue weighted by molar-refractivity contribution is 0.159. The Morgan fingerprint density at radius 3 is 2.22 bits per heavy atom. The summed E-state index contributed by atoms with van der Waals surface area (Å²) in [7, 11) is 0. The molecule has 2 nitrogen and oxygen atoms in total. The van der Waals surface area contributed by atoms with Gasteiger partial charge in [0.1, 0.15) is 0 Å². The molecule has 2 heteroatoms. The molecule has 0 saturated heterocycles. The second kappa shape index (κ2) is 6.35. The largest absolute Gasteiger partial charge is 0.387 e. The molecule has 1 atom stereocenters. The van der Waals surface area contributed by atoms with Gasteiger partial charge < -0.3 is 10.4 Å². The van der Waals surface area contributed by atoms with E-state index in [1.165, 1.54) is 5.56 Å². The Morgan fingerprint density at radius 1 is 1.17 bits per heavy atom. The first-order valence-corrected chi connectivity index (χ1v) is 6.89. The topological polar surface area (TPSA) is 32.3 Å². The van der Waals surface area contributed by atoms with Crippen molar-refractivity contribution in [3.05, 3.63) is 35.4 Å². The van der Waals surface area contributed by atoms with Crippen LogP contribution < -0.4 is 5.32 Å². The van der Waals surface area contributed by atoms with E-state index < -0.39 is 6.10 Å². The molecule has 0 radical (unpaired) electrons. The molecule has 0 aliphatic carbocycles. The lowest BCUT2D eigenvalue weighted by atomic mass is 9.93. The quantitative estimate of drug-likeness (QED) is 0.807. The van der Waals surface area contributed by atoms with Crippen molar-refractivity contribution in [2.45, 2.75) is 58.6 Å². The highest BCUT2D eigenvalue weighted by atomic mass is 16.3. The number of aliphatic hydroxyl groups is 1. The highest BCUT2D eigenvalue weighted by Crippen LogP contribution is 2.25. The van der Waals surface area contributed by atoms with Gasteiger partial charge in [0.05, 0.1) is 6.10 Å². The lowest BCUT2D eigenvalue weighted by Gasteiger charge is -2.27. The number of hydrogen-bond acceptors (Lipinski definition) is 2. The molecule has 0 spiro atoms. The van der Waals surface area contributed by atoms with Gasteiger partial charge in [-0.25, -0.2) is 0 Å². The Hall–Kier alpha value is -0.860. The van der Waals surface area contributed by atoms with Crippen molar-refractivity contribution in [3.63, 3.8) is 0 Å². The normalized spacial score (nSPS) is 13.9. The summed E-state index contributed by atoms with van der Waals surface area (Å²) < 4.78 is 0. The van der Waals surface area contributed by atoms with E-state index in [2.05, 4.69) is 46.0 Å². The van der Waals surface area contributed by atoms with Crippen LogP contribution in [0.2, 0.25) is 0 Å². The first-order chi connectivity index (χ1) is 8.37. The predicted octanol–water partition coefficient (Wildman–Crippen LogP) is 3.62. The Balaban J connectivity index is 2.75. The summed E-state index contributed by atoms with van der Waals surface area (Å²) in [6, 6.07) is 8.17. The van der Waals surface area contributed by atoms with Crippen LogP contribution >= 0.6 is 0 Å². The molecule has 102 valence electrons. The Morgan fingerprint density at radius 2 is 1.72 bits per heavy atom. The molecule has 0 amide bonds.